The Hall–Kier alpha value is -1.92. The molecule has 0 bridgehead atoms. The highest BCUT2D eigenvalue weighted by atomic mass is 16.2. The summed E-state index contributed by atoms with van der Waals surface area (Å²) < 4.78 is 2.12. The fraction of sp³-hybridized carbons (Fsp3) is 0.778. The second-order valence-electron chi connectivity index (χ2n) is 7.76. The van der Waals surface area contributed by atoms with Gasteiger partial charge in [-0.1, -0.05) is 33.1 Å². The van der Waals surface area contributed by atoms with Crippen LogP contribution >= 0.6 is 0 Å². The predicted octanol–water partition coefficient (Wildman–Crippen LogP) is 1.90. The van der Waals surface area contributed by atoms with E-state index in [1.807, 2.05) is 0 Å². The van der Waals surface area contributed by atoms with E-state index in [2.05, 4.69) is 33.9 Å². The van der Waals surface area contributed by atoms with Crippen molar-refractivity contribution >= 4 is 11.8 Å². The number of carbonyl (C=O) groups excluding carboxylic acids is 2. The fourth-order valence-corrected chi connectivity index (χ4v) is 3.93. The number of hydrogen-bond donors (Lipinski definition) is 1. The maximum Gasteiger partial charge on any atom is 0.225 e. The zero-order chi connectivity index (χ0) is 17.8. The average molecular weight is 347 g/mol. The maximum atomic E-state index is 12.5. The van der Waals surface area contributed by atoms with Gasteiger partial charge in [0.1, 0.15) is 6.33 Å². The molecule has 7 heteroatoms. The Morgan fingerprint density at radius 2 is 2.08 bits per heavy atom. The molecule has 1 saturated carbocycles. The molecule has 1 aliphatic carbocycles. The minimum atomic E-state index is -0.252. The lowest BCUT2D eigenvalue weighted by Crippen LogP contribution is -2.34. The van der Waals surface area contributed by atoms with Crippen LogP contribution in [-0.2, 0) is 16.1 Å². The first kappa shape index (κ1) is 17.9. The number of nitrogens with one attached hydrogen (secondary N) is 1. The molecule has 7 nitrogen and oxygen atoms in total. The molecule has 2 amide bonds. The molecule has 25 heavy (non-hydrogen) atoms. The summed E-state index contributed by atoms with van der Waals surface area (Å²) in [6, 6.07) is 0.449. The molecule has 1 aromatic heterocycles. The van der Waals surface area contributed by atoms with Gasteiger partial charge < -0.3 is 14.8 Å². The summed E-state index contributed by atoms with van der Waals surface area (Å²) in [7, 11) is 0. The Labute approximate surface area is 149 Å². The number of carbonyl (C=O) groups is 2. The summed E-state index contributed by atoms with van der Waals surface area (Å²) in [6.07, 6.45) is 8.18. The van der Waals surface area contributed by atoms with E-state index in [4.69, 9.17) is 0 Å². The number of likely N-dealkylation sites (tertiary alicyclic amines) is 1. The number of amides is 2. The molecule has 2 aliphatic rings. The number of aromatic nitrogens is 3. The summed E-state index contributed by atoms with van der Waals surface area (Å²) >= 11 is 0. The number of hydrogen-bond acceptors (Lipinski definition) is 4. The van der Waals surface area contributed by atoms with Crippen LogP contribution in [0.25, 0.3) is 0 Å². The van der Waals surface area contributed by atoms with Crippen LogP contribution in [-0.4, -0.2) is 44.6 Å². The van der Waals surface area contributed by atoms with Crippen LogP contribution in [0.15, 0.2) is 6.33 Å². The quantitative estimate of drug-likeness (QED) is 0.852. The molecule has 1 N–H and O–H groups in total. The zero-order valence-corrected chi connectivity index (χ0v) is 15.3. The lowest BCUT2D eigenvalue weighted by Gasteiger charge is -2.24. The molecular formula is C18H29N5O2. The van der Waals surface area contributed by atoms with Gasteiger partial charge in [-0.15, -0.1) is 10.2 Å². The van der Waals surface area contributed by atoms with Gasteiger partial charge in [-0.2, -0.15) is 0 Å². The van der Waals surface area contributed by atoms with Gasteiger partial charge in [0.05, 0.1) is 12.5 Å². The van der Waals surface area contributed by atoms with Crippen molar-refractivity contribution in [3.8, 4) is 0 Å². The van der Waals surface area contributed by atoms with E-state index in [1.165, 1.54) is 19.3 Å². The van der Waals surface area contributed by atoms with Gasteiger partial charge in [0, 0.05) is 25.6 Å². The topological polar surface area (TPSA) is 80.1 Å². The summed E-state index contributed by atoms with van der Waals surface area (Å²) in [6.45, 7) is 5.79. The van der Waals surface area contributed by atoms with E-state index in [0.29, 0.717) is 31.5 Å². The summed E-state index contributed by atoms with van der Waals surface area (Å²) in [5, 5.41) is 11.2. The van der Waals surface area contributed by atoms with Crippen molar-refractivity contribution in [3.63, 3.8) is 0 Å². The highest BCUT2D eigenvalue weighted by Crippen LogP contribution is 2.28. The minimum absolute atomic E-state index is 0.0576. The molecule has 138 valence electrons. The van der Waals surface area contributed by atoms with Crippen molar-refractivity contribution in [1.29, 1.82) is 0 Å². The molecule has 0 radical (unpaired) electrons. The van der Waals surface area contributed by atoms with Crippen LogP contribution in [0.2, 0.25) is 0 Å². The molecule has 0 spiro atoms. The Balaban J connectivity index is 1.53. The molecule has 1 aliphatic heterocycles. The highest BCUT2D eigenvalue weighted by molar-refractivity contribution is 5.89. The zero-order valence-electron chi connectivity index (χ0n) is 15.3. The van der Waals surface area contributed by atoms with Crippen molar-refractivity contribution in [2.24, 2.45) is 11.8 Å². The van der Waals surface area contributed by atoms with E-state index in [9.17, 15) is 9.59 Å². The van der Waals surface area contributed by atoms with Gasteiger partial charge in [-0.3, -0.25) is 9.59 Å². The Kier molecular flexibility index (Phi) is 5.71. The first-order chi connectivity index (χ1) is 12.0. The molecular weight excluding hydrogens is 318 g/mol. The molecule has 1 saturated heterocycles. The second-order valence-corrected chi connectivity index (χ2v) is 7.76. The second kappa shape index (κ2) is 7.97. The van der Waals surface area contributed by atoms with Crippen molar-refractivity contribution in [2.75, 3.05) is 13.1 Å². The van der Waals surface area contributed by atoms with Gasteiger partial charge in [0.25, 0.3) is 0 Å². The van der Waals surface area contributed by atoms with Crippen molar-refractivity contribution in [3.05, 3.63) is 12.2 Å². The molecule has 1 atom stereocenters. The lowest BCUT2D eigenvalue weighted by molar-refractivity contribution is -0.129. The Morgan fingerprint density at radius 1 is 1.32 bits per heavy atom. The van der Waals surface area contributed by atoms with Crippen LogP contribution in [0.1, 0.15) is 64.2 Å². The van der Waals surface area contributed by atoms with Crippen LogP contribution in [0.4, 0.5) is 0 Å². The summed E-state index contributed by atoms with van der Waals surface area (Å²) in [4.78, 5) is 26.3. The third-order valence-electron chi connectivity index (χ3n) is 5.21. The predicted molar refractivity (Wildman–Crippen MR) is 93.5 cm³/mol. The molecule has 2 heterocycles. The molecule has 1 aromatic rings. The third-order valence-corrected chi connectivity index (χ3v) is 5.21. The van der Waals surface area contributed by atoms with Crippen molar-refractivity contribution < 1.29 is 9.59 Å². The van der Waals surface area contributed by atoms with Crippen LogP contribution in [0.5, 0.6) is 0 Å². The van der Waals surface area contributed by atoms with E-state index in [1.54, 1.807) is 11.2 Å². The fourth-order valence-electron chi connectivity index (χ4n) is 3.93. The van der Waals surface area contributed by atoms with Gasteiger partial charge in [-0.25, -0.2) is 0 Å². The summed E-state index contributed by atoms with van der Waals surface area (Å²) in [5.41, 5.74) is 0. The largest absolute Gasteiger partial charge is 0.348 e. The lowest BCUT2D eigenvalue weighted by atomic mass is 9.95. The standard InChI is InChI=1S/C18H29N5O2/c1-13(2)10-22-11-14(8-17(22)24)18(25)19-9-16-21-20-12-23(16)15-6-4-3-5-7-15/h12-15H,3-11H2,1-2H3,(H,19,25)/t14-/m1/s1. The molecule has 3 rings (SSSR count). The monoisotopic (exact) mass is 347 g/mol. The number of nitrogens with zero attached hydrogens (tertiary/aromatic N) is 4. The summed E-state index contributed by atoms with van der Waals surface area (Å²) in [5.74, 6) is 0.998. The van der Waals surface area contributed by atoms with Crippen LogP contribution in [0.3, 0.4) is 0 Å². The van der Waals surface area contributed by atoms with Gasteiger partial charge in [0.2, 0.25) is 11.8 Å². The van der Waals surface area contributed by atoms with Crippen molar-refractivity contribution in [2.45, 2.75) is 65.0 Å². The Bertz CT molecular complexity index is 606. The first-order valence-corrected chi connectivity index (χ1v) is 9.48. The molecule has 0 aromatic carbocycles. The van der Waals surface area contributed by atoms with E-state index in [-0.39, 0.29) is 17.7 Å². The highest BCUT2D eigenvalue weighted by Gasteiger charge is 2.34. The van der Waals surface area contributed by atoms with Gasteiger partial charge in [-0.05, 0) is 18.8 Å². The smallest absolute Gasteiger partial charge is 0.225 e. The third kappa shape index (κ3) is 4.38. The average Bonchev–Trinajstić information content (AvgIpc) is 3.20. The Morgan fingerprint density at radius 3 is 2.80 bits per heavy atom. The van der Waals surface area contributed by atoms with Crippen LogP contribution in [0, 0.1) is 11.8 Å². The van der Waals surface area contributed by atoms with E-state index < -0.39 is 0 Å². The van der Waals surface area contributed by atoms with Crippen LogP contribution < -0.4 is 5.32 Å². The van der Waals surface area contributed by atoms with E-state index in [0.717, 1.165) is 25.2 Å². The maximum absolute atomic E-state index is 12.5. The molecule has 2 fully saturated rings. The van der Waals surface area contributed by atoms with Crippen molar-refractivity contribution in [1.82, 2.24) is 25.0 Å². The minimum Gasteiger partial charge on any atom is -0.348 e. The normalized spacial score (nSPS) is 22.0. The van der Waals surface area contributed by atoms with Gasteiger partial charge in [0.15, 0.2) is 5.82 Å². The van der Waals surface area contributed by atoms with E-state index >= 15 is 0 Å². The number of rotatable bonds is 6. The van der Waals surface area contributed by atoms with Gasteiger partial charge >= 0.3 is 0 Å². The SMILES string of the molecule is CC(C)CN1C[C@H](C(=O)NCc2nncn2C2CCCCC2)CC1=O. The molecule has 0 unspecified atom stereocenters. The first-order valence-electron chi connectivity index (χ1n) is 9.48.